The van der Waals surface area contributed by atoms with Crippen molar-refractivity contribution < 1.29 is 19.4 Å². The molecule has 1 aliphatic rings. The number of rotatable bonds is 7. The summed E-state index contributed by atoms with van der Waals surface area (Å²) in [6.45, 7) is 5.77. The third kappa shape index (κ3) is 4.45. The van der Waals surface area contributed by atoms with Crippen LogP contribution in [0.3, 0.4) is 0 Å². The third-order valence-corrected chi connectivity index (χ3v) is 3.98. The van der Waals surface area contributed by atoms with Crippen molar-refractivity contribution in [2.45, 2.75) is 39.2 Å². The highest BCUT2D eigenvalue weighted by molar-refractivity contribution is 5.83. The van der Waals surface area contributed by atoms with E-state index in [0.29, 0.717) is 19.4 Å². The number of carboxylic acids is 1. The van der Waals surface area contributed by atoms with E-state index in [4.69, 9.17) is 9.84 Å². The molecule has 3 N–H and O–H groups in total. The fourth-order valence-corrected chi connectivity index (χ4v) is 2.58. The maximum atomic E-state index is 12.6. The van der Waals surface area contributed by atoms with E-state index in [1.54, 1.807) is 7.11 Å². The minimum absolute atomic E-state index is 0.0509. The predicted molar refractivity (Wildman–Crippen MR) is 75.4 cm³/mol. The van der Waals surface area contributed by atoms with Gasteiger partial charge in [-0.25, -0.2) is 0 Å². The summed E-state index contributed by atoms with van der Waals surface area (Å²) in [5, 5.41) is 15.1. The Bertz CT molecular complexity index is 333. The zero-order valence-electron chi connectivity index (χ0n) is 12.6. The Hall–Kier alpha value is -1.14. The standard InChI is InChI=1S/C14H26N2O4/c1-10(2)11(8-12(17)18)16-13(19)14(9-20-3)4-6-15-7-5-14/h10-11,15H,4-9H2,1-3H3,(H,16,19)(H,17,18). The van der Waals surface area contributed by atoms with E-state index in [9.17, 15) is 9.59 Å². The van der Waals surface area contributed by atoms with Crippen LogP contribution in [-0.2, 0) is 14.3 Å². The molecule has 6 nitrogen and oxygen atoms in total. The Kier molecular flexibility index (Phi) is 6.42. The molecule has 0 saturated carbocycles. The number of amides is 1. The topological polar surface area (TPSA) is 87.7 Å². The first-order chi connectivity index (χ1) is 9.41. The van der Waals surface area contributed by atoms with Crippen LogP contribution in [0.1, 0.15) is 33.1 Å². The normalized spacial score (nSPS) is 19.6. The van der Waals surface area contributed by atoms with Gasteiger partial charge >= 0.3 is 5.97 Å². The van der Waals surface area contributed by atoms with Crippen LogP contribution in [0.5, 0.6) is 0 Å². The van der Waals surface area contributed by atoms with E-state index < -0.39 is 11.4 Å². The summed E-state index contributed by atoms with van der Waals surface area (Å²) in [4.78, 5) is 23.5. The van der Waals surface area contributed by atoms with Gasteiger partial charge in [-0.1, -0.05) is 13.8 Å². The summed E-state index contributed by atoms with van der Waals surface area (Å²) in [6.07, 6.45) is 1.37. The summed E-state index contributed by atoms with van der Waals surface area (Å²) in [7, 11) is 1.59. The van der Waals surface area contributed by atoms with Crippen LogP contribution in [0.15, 0.2) is 0 Å². The summed E-state index contributed by atoms with van der Waals surface area (Å²) in [6, 6.07) is -0.344. The second-order valence-corrected chi connectivity index (χ2v) is 5.89. The fraction of sp³-hybridized carbons (Fsp3) is 0.857. The number of methoxy groups -OCH3 is 1. The van der Waals surface area contributed by atoms with Gasteiger partial charge in [0, 0.05) is 13.2 Å². The van der Waals surface area contributed by atoms with Gasteiger partial charge in [-0.05, 0) is 31.8 Å². The van der Waals surface area contributed by atoms with Gasteiger partial charge in [-0.2, -0.15) is 0 Å². The molecule has 1 aliphatic heterocycles. The van der Waals surface area contributed by atoms with Gasteiger partial charge in [0.2, 0.25) is 5.91 Å². The number of ether oxygens (including phenoxy) is 1. The molecule has 6 heteroatoms. The minimum atomic E-state index is -0.893. The van der Waals surface area contributed by atoms with Crippen molar-refractivity contribution in [3.05, 3.63) is 0 Å². The Balaban J connectivity index is 2.75. The lowest BCUT2D eigenvalue weighted by Crippen LogP contribution is -2.53. The maximum Gasteiger partial charge on any atom is 0.305 e. The molecule has 1 heterocycles. The number of hydrogen-bond donors (Lipinski definition) is 3. The highest BCUT2D eigenvalue weighted by atomic mass is 16.5. The van der Waals surface area contributed by atoms with Crippen LogP contribution in [0.2, 0.25) is 0 Å². The minimum Gasteiger partial charge on any atom is -0.481 e. The van der Waals surface area contributed by atoms with Gasteiger partial charge < -0.3 is 20.5 Å². The number of nitrogens with one attached hydrogen (secondary N) is 2. The van der Waals surface area contributed by atoms with Crippen molar-refractivity contribution in [2.75, 3.05) is 26.8 Å². The van der Waals surface area contributed by atoms with Crippen LogP contribution in [0.25, 0.3) is 0 Å². The number of hydrogen-bond acceptors (Lipinski definition) is 4. The van der Waals surface area contributed by atoms with Crippen molar-refractivity contribution in [3.8, 4) is 0 Å². The lowest BCUT2D eigenvalue weighted by molar-refractivity contribution is -0.140. The third-order valence-electron chi connectivity index (χ3n) is 3.98. The first kappa shape index (κ1) is 16.9. The molecule has 1 saturated heterocycles. The summed E-state index contributed by atoms with van der Waals surface area (Å²) < 4.78 is 5.22. The Morgan fingerprint density at radius 3 is 2.40 bits per heavy atom. The average Bonchev–Trinajstić information content (AvgIpc) is 2.38. The SMILES string of the molecule is COCC1(C(=O)NC(CC(=O)O)C(C)C)CCNCC1. The number of carbonyl (C=O) groups excluding carboxylic acids is 1. The Morgan fingerprint density at radius 1 is 1.35 bits per heavy atom. The van der Waals surface area contributed by atoms with Crippen molar-refractivity contribution in [1.29, 1.82) is 0 Å². The Labute approximate surface area is 120 Å². The van der Waals surface area contributed by atoms with E-state index in [2.05, 4.69) is 10.6 Å². The monoisotopic (exact) mass is 286 g/mol. The zero-order valence-corrected chi connectivity index (χ0v) is 12.6. The predicted octanol–water partition coefficient (Wildman–Crippen LogP) is 0.618. The van der Waals surface area contributed by atoms with E-state index in [-0.39, 0.29) is 24.3 Å². The molecule has 0 aromatic carbocycles. The summed E-state index contributed by atoms with van der Waals surface area (Å²) >= 11 is 0. The van der Waals surface area contributed by atoms with E-state index >= 15 is 0 Å². The van der Waals surface area contributed by atoms with Crippen LogP contribution in [-0.4, -0.2) is 49.8 Å². The van der Waals surface area contributed by atoms with Gasteiger partial charge in [0.15, 0.2) is 0 Å². The molecule has 1 amide bonds. The highest BCUT2D eigenvalue weighted by Crippen LogP contribution is 2.30. The molecule has 1 atom stereocenters. The Morgan fingerprint density at radius 2 is 1.95 bits per heavy atom. The molecule has 1 unspecified atom stereocenters. The molecule has 0 aliphatic carbocycles. The van der Waals surface area contributed by atoms with Gasteiger partial charge in [-0.15, -0.1) is 0 Å². The first-order valence-corrected chi connectivity index (χ1v) is 7.14. The molecule has 116 valence electrons. The van der Waals surface area contributed by atoms with Crippen molar-refractivity contribution in [2.24, 2.45) is 11.3 Å². The molecule has 1 fully saturated rings. The van der Waals surface area contributed by atoms with Crippen LogP contribution in [0, 0.1) is 11.3 Å². The molecular formula is C14H26N2O4. The zero-order chi connectivity index (χ0) is 15.2. The van der Waals surface area contributed by atoms with Crippen LogP contribution in [0.4, 0.5) is 0 Å². The van der Waals surface area contributed by atoms with Gasteiger partial charge in [0.05, 0.1) is 18.4 Å². The number of carbonyl (C=O) groups is 2. The molecule has 0 aromatic heterocycles. The lowest BCUT2D eigenvalue weighted by atomic mass is 9.78. The van der Waals surface area contributed by atoms with Crippen molar-refractivity contribution in [1.82, 2.24) is 10.6 Å². The van der Waals surface area contributed by atoms with E-state index in [1.165, 1.54) is 0 Å². The quantitative estimate of drug-likeness (QED) is 0.638. The van der Waals surface area contributed by atoms with Gasteiger partial charge in [0.1, 0.15) is 0 Å². The van der Waals surface area contributed by atoms with E-state index in [0.717, 1.165) is 13.1 Å². The fourth-order valence-electron chi connectivity index (χ4n) is 2.58. The molecule has 0 radical (unpaired) electrons. The molecular weight excluding hydrogens is 260 g/mol. The van der Waals surface area contributed by atoms with Crippen molar-refractivity contribution in [3.63, 3.8) is 0 Å². The van der Waals surface area contributed by atoms with E-state index in [1.807, 2.05) is 13.8 Å². The lowest BCUT2D eigenvalue weighted by Gasteiger charge is -2.37. The van der Waals surface area contributed by atoms with Crippen molar-refractivity contribution >= 4 is 11.9 Å². The molecule has 0 spiro atoms. The maximum absolute atomic E-state index is 12.6. The van der Waals surface area contributed by atoms with Crippen LogP contribution >= 0.6 is 0 Å². The highest BCUT2D eigenvalue weighted by Gasteiger charge is 2.40. The summed E-state index contributed by atoms with van der Waals surface area (Å²) in [5.74, 6) is -0.896. The molecule has 0 aromatic rings. The molecule has 0 bridgehead atoms. The number of piperidine rings is 1. The number of carboxylic acid groups (broad SMARTS) is 1. The second-order valence-electron chi connectivity index (χ2n) is 5.89. The first-order valence-electron chi connectivity index (χ1n) is 7.14. The van der Waals surface area contributed by atoms with Crippen LogP contribution < -0.4 is 10.6 Å². The van der Waals surface area contributed by atoms with Gasteiger partial charge in [0.25, 0.3) is 0 Å². The molecule has 1 rings (SSSR count). The molecule has 20 heavy (non-hydrogen) atoms. The second kappa shape index (κ2) is 7.59. The smallest absolute Gasteiger partial charge is 0.305 e. The number of aliphatic carboxylic acids is 1. The average molecular weight is 286 g/mol. The van der Waals surface area contributed by atoms with Gasteiger partial charge in [-0.3, -0.25) is 9.59 Å². The summed E-state index contributed by atoms with van der Waals surface area (Å²) in [5.41, 5.74) is -0.536. The largest absolute Gasteiger partial charge is 0.481 e.